The average molecular weight is 334 g/mol. The van der Waals surface area contributed by atoms with E-state index in [0.717, 1.165) is 15.7 Å². The second kappa shape index (κ2) is 7.10. The largest absolute Gasteiger partial charge is 0.467 e. The molecule has 3 nitrogen and oxygen atoms in total. The number of carbonyl (C=O) groups is 1. The first-order chi connectivity index (χ1) is 9.70. The number of para-hydroxylation sites is 1. The summed E-state index contributed by atoms with van der Waals surface area (Å²) in [6.07, 6.45) is 0.578. The summed E-state index contributed by atoms with van der Waals surface area (Å²) in [5.74, 6) is -0.274. The molecule has 0 fully saturated rings. The fourth-order valence-electron chi connectivity index (χ4n) is 1.95. The van der Waals surface area contributed by atoms with Crippen LogP contribution < -0.4 is 5.32 Å². The molecule has 0 aliphatic rings. The van der Waals surface area contributed by atoms with Crippen LogP contribution >= 0.6 is 15.9 Å². The summed E-state index contributed by atoms with van der Waals surface area (Å²) in [5, 5.41) is 3.23. The smallest absolute Gasteiger partial charge is 0.328 e. The van der Waals surface area contributed by atoms with Gasteiger partial charge < -0.3 is 10.1 Å². The van der Waals surface area contributed by atoms with Gasteiger partial charge in [-0.1, -0.05) is 42.5 Å². The number of nitrogens with one attached hydrogen (secondary N) is 1. The summed E-state index contributed by atoms with van der Waals surface area (Å²) in [7, 11) is 1.40. The summed E-state index contributed by atoms with van der Waals surface area (Å²) in [6, 6.07) is 17.2. The fourth-order valence-corrected chi connectivity index (χ4v) is 2.35. The quantitative estimate of drug-likeness (QED) is 0.849. The topological polar surface area (TPSA) is 38.3 Å². The summed E-state index contributed by atoms with van der Waals surface area (Å²) >= 11 is 3.47. The van der Waals surface area contributed by atoms with Gasteiger partial charge in [-0.2, -0.15) is 0 Å². The lowest BCUT2D eigenvalue weighted by Crippen LogP contribution is -2.33. The molecule has 2 rings (SSSR count). The first-order valence-corrected chi connectivity index (χ1v) is 7.13. The molecule has 0 bridgehead atoms. The monoisotopic (exact) mass is 333 g/mol. The van der Waals surface area contributed by atoms with Gasteiger partial charge in [-0.3, -0.25) is 0 Å². The van der Waals surface area contributed by atoms with Crippen molar-refractivity contribution in [3.8, 4) is 0 Å². The van der Waals surface area contributed by atoms with Crippen molar-refractivity contribution in [2.75, 3.05) is 12.4 Å². The first kappa shape index (κ1) is 14.6. The van der Waals surface area contributed by atoms with E-state index in [1.165, 1.54) is 7.11 Å². The number of hydrogen-bond donors (Lipinski definition) is 1. The molecule has 0 saturated heterocycles. The summed E-state index contributed by atoms with van der Waals surface area (Å²) in [4.78, 5) is 11.9. The van der Waals surface area contributed by atoms with Crippen LogP contribution in [0, 0.1) is 0 Å². The SMILES string of the molecule is COC(=O)C(Cc1ccccc1)Nc1ccccc1Br. The maximum Gasteiger partial charge on any atom is 0.328 e. The highest BCUT2D eigenvalue weighted by molar-refractivity contribution is 9.10. The number of methoxy groups -OCH3 is 1. The van der Waals surface area contributed by atoms with Crippen LogP contribution in [0.5, 0.6) is 0 Å². The van der Waals surface area contributed by atoms with Gasteiger partial charge >= 0.3 is 5.97 Å². The van der Waals surface area contributed by atoms with E-state index in [2.05, 4.69) is 21.2 Å². The van der Waals surface area contributed by atoms with Crippen LogP contribution in [0.1, 0.15) is 5.56 Å². The summed E-state index contributed by atoms with van der Waals surface area (Å²) < 4.78 is 5.80. The minimum Gasteiger partial charge on any atom is -0.467 e. The Kier molecular flexibility index (Phi) is 5.18. The van der Waals surface area contributed by atoms with Crippen LogP contribution in [0.4, 0.5) is 5.69 Å². The predicted octanol–water partition coefficient (Wildman–Crippen LogP) is 3.65. The zero-order valence-electron chi connectivity index (χ0n) is 11.2. The third-order valence-corrected chi connectivity index (χ3v) is 3.66. The van der Waals surface area contributed by atoms with Gasteiger partial charge in [0.05, 0.1) is 7.11 Å². The number of ether oxygens (including phenoxy) is 1. The van der Waals surface area contributed by atoms with E-state index in [1.54, 1.807) is 0 Å². The molecule has 1 unspecified atom stereocenters. The lowest BCUT2D eigenvalue weighted by molar-refractivity contribution is -0.141. The van der Waals surface area contributed by atoms with E-state index >= 15 is 0 Å². The Bertz CT molecular complexity index is 572. The number of halogens is 1. The van der Waals surface area contributed by atoms with Gasteiger partial charge in [0.2, 0.25) is 0 Å². The second-order valence-corrected chi connectivity index (χ2v) is 5.24. The molecule has 0 aliphatic heterocycles. The van der Waals surface area contributed by atoms with Crippen LogP contribution in [-0.4, -0.2) is 19.1 Å². The Labute approximate surface area is 127 Å². The van der Waals surface area contributed by atoms with E-state index < -0.39 is 6.04 Å². The van der Waals surface area contributed by atoms with Crippen LogP contribution in [-0.2, 0) is 16.0 Å². The molecule has 2 aromatic rings. The van der Waals surface area contributed by atoms with Gasteiger partial charge in [0, 0.05) is 16.6 Å². The van der Waals surface area contributed by atoms with Gasteiger partial charge in [-0.05, 0) is 33.6 Å². The number of benzene rings is 2. The Morgan fingerprint density at radius 1 is 1.15 bits per heavy atom. The van der Waals surface area contributed by atoms with Crippen LogP contribution in [0.15, 0.2) is 59.1 Å². The zero-order valence-corrected chi connectivity index (χ0v) is 12.8. The highest BCUT2D eigenvalue weighted by atomic mass is 79.9. The molecule has 0 spiro atoms. The van der Waals surface area contributed by atoms with Crippen molar-refractivity contribution in [1.29, 1.82) is 0 Å². The number of carbonyl (C=O) groups excluding carboxylic acids is 1. The molecule has 0 saturated carbocycles. The van der Waals surface area contributed by atoms with Gasteiger partial charge in [-0.15, -0.1) is 0 Å². The number of esters is 1. The van der Waals surface area contributed by atoms with Crippen LogP contribution in [0.25, 0.3) is 0 Å². The molecular weight excluding hydrogens is 318 g/mol. The lowest BCUT2D eigenvalue weighted by atomic mass is 10.1. The maximum absolute atomic E-state index is 11.9. The van der Waals surface area contributed by atoms with Crippen molar-refractivity contribution >= 4 is 27.6 Å². The zero-order chi connectivity index (χ0) is 14.4. The molecule has 0 aromatic heterocycles. The van der Waals surface area contributed by atoms with Gasteiger partial charge in [0.25, 0.3) is 0 Å². The summed E-state index contributed by atoms with van der Waals surface area (Å²) in [6.45, 7) is 0. The molecule has 2 aromatic carbocycles. The Balaban J connectivity index is 2.16. The van der Waals surface area contributed by atoms with Crippen molar-refractivity contribution < 1.29 is 9.53 Å². The van der Waals surface area contributed by atoms with E-state index in [0.29, 0.717) is 6.42 Å². The minimum atomic E-state index is -0.416. The normalized spacial score (nSPS) is 11.7. The van der Waals surface area contributed by atoms with Crippen molar-refractivity contribution in [3.63, 3.8) is 0 Å². The lowest BCUT2D eigenvalue weighted by Gasteiger charge is -2.18. The molecule has 0 amide bonds. The fraction of sp³-hybridized carbons (Fsp3) is 0.188. The first-order valence-electron chi connectivity index (χ1n) is 6.33. The van der Waals surface area contributed by atoms with Gasteiger partial charge in [0.15, 0.2) is 0 Å². The number of anilines is 1. The van der Waals surface area contributed by atoms with Crippen molar-refractivity contribution in [2.45, 2.75) is 12.5 Å². The van der Waals surface area contributed by atoms with Crippen molar-refractivity contribution in [2.24, 2.45) is 0 Å². The molecular formula is C16H16BrNO2. The van der Waals surface area contributed by atoms with E-state index in [-0.39, 0.29) is 5.97 Å². The standard InChI is InChI=1S/C16H16BrNO2/c1-20-16(19)15(11-12-7-3-2-4-8-12)18-14-10-6-5-9-13(14)17/h2-10,15,18H,11H2,1H3. The highest BCUT2D eigenvalue weighted by Gasteiger charge is 2.20. The van der Waals surface area contributed by atoms with Gasteiger partial charge in [-0.25, -0.2) is 4.79 Å². The Morgan fingerprint density at radius 3 is 2.45 bits per heavy atom. The predicted molar refractivity (Wildman–Crippen MR) is 83.7 cm³/mol. The van der Waals surface area contributed by atoms with E-state index in [9.17, 15) is 4.79 Å². The minimum absolute atomic E-state index is 0.274. The molecule has 20 heavy (non-hydrogen) atoms. The number of rotatable bonds is 5. The van der Waals surface area contributed by atoms with E-state index in [1.807, 2.05) is 54.6 Å². The Hall–Kier alpha value is -1.81. The molecule has 104 valence electrons. The Morgan fingerprint density at radius 2 is 1.80 bits per heavy atom. The summed E-state index contributed by atoms with van der Waals surface area (Å²) in [5.41, 5.74) is 1.96. The average Bonchev–Trinajstić information content (AvgIpc) is 2.49. The van der Waals surface area contributed by atoms with E-state index in [4.69, 9.17) is 4.74 Å². The third-order valence-electron chi connectivity index (χ3n) is 2.97. The van der Waals surface area contributed by atoms with Crippen molar-refractivity contribution in [1.82, 2.24) is 0 Å². The van der Waals surface area contributed by atoms with Crippen molar-refractivity contribution in [3.05, 3.63) is 64.6 Å². The number of hydrogen-bond acceptors (Lipinski definition) is 3. The highest BCUT2D eigenvalue weighted by Crippen LogP contribution is 2.23. The molecule has 0 aliphatic carbocycles. The molecule has 0 heterocycles. The molecule has 4 heteroatoms. The van der Waals surface area contributed by atoms with Crippen LogP contribution in [0.3, 0.4) is 0 Å². The third kappa shape index (κ3) is 3.84. The molecule has 1 atom stereocenters. The maximum atomic E-state index is 11.9. The molecule has 1 N–H and O–H groups in total. The van der Waals surface area contributed by atoms with Crippen LogP contribution in [0.2, 0.25) is 0 Å². The second-order valence-electron chi connectivity index (χ2n) is 4.39. The molecule has 0 radical (unpaired) electrons. The van der Waals surface area contributed by atoms with Gasteiger partial charge in [0.1, 0.15) is 6.04 Å².